The van der Waals surface area contributed by atoms with E-state index in [-0.39, 0.29) is 0 Å². The Labute approximate surface area is 197 Å². The average Bonchev–Trinajstić information content (AvgIpc) is 2.83. The van der Waals surface area contributed by atoms with E-state index in [1.165, 1.54) is 77.0 Å². The highest BCUT2D eigenvalue weighted by Gasteiger charge is 2.21. The van der Waals surface area contributed by atoms with Crippen molar-refractivity contribution < 1.29 is 9.59 Å². The lowest BCUT2D eigenvalue weighted by atomic mass is 9.78. The van der Waals surface area contributed by atoms with Crippen LogP contribution in [-0.2, 0) is 9.59 Å². The zero-order valence-corrected chi connectivity index (χ0v) is 20.7. The second-order valence-corrected chi connectivity index (χ2v) is 10.7. The Hall–Kier alpha value is -1.24. The first-order valence-corrected chi connectivity index (χ1v) is 13.8. The molecule has 4 aliphatic carbocycles. The average molecular weight is 447 g/mol. The van der Waals surface area contributed by atoms with Gasteiger partial charge in [-0.25, -0.2) is 20.4 Å². The molecular weight excluding hydrogens is 396 g/mol. The van der Waals surface area contributed by atoms with Gasteiger partial charge >= 0.3 is 0 Å². The van der Waals surface area contributed by atoms with Crippen LogP contribution in [0.25, 0.3) is 0 Å². The molecule has 4 aliphatic rings. The van der Waals surface area contributed by atoms with Crippen LogP contribution >= 0.6 is 0 Å². The zero-order chi connectivity index (χ0) is 23.3. The lowest BCUT2D eigenvalue weighted by Gasteiger charge is -2.28. The molecule has 0 atom stereocenters. The summed E-state index contributed by atoms with van der Waals surface area (Å²) in [7, 11) is 0. The normalized spacial score (nSPS) is 23.0. The zero-order valence-electron chi connectivity index (χ0n) is 20.7. The summed E-state index contributed by atoms with van der Waals surface area (Å²) in [5, 5.41) is 10.8. The van der Waals surface area contributed by atoms with Gasteiger partial charge in [-0.3, -0.25) is 0 Å². The molecule has 0 amide bonds. The largest absolute Gasteiger partial charge is 0.231 e. The minimum absolute atomic E-state index is 0.750. The molecular formula is C28H50N2O2. The molecule has 4 saturated carbocycles. The van der Waals surface area contributed by atoms with E-state index in [1.54, 1.807) is 64.2 Å². The van der Waals surface area contributed by atoms with Crippen molar-refractivity contribution >= 4 is 12.2 Å². The van der Waals surface area contributed by atoms with E-state index < -0.39 is 0 Å². The van der Waals surface area contributed by atoms with Gasteiger partial charge in [-0.15, -0.1) is 0 Å². The lowest BCUT2D eigenvalue weighted by Crippen LogP contribution is -2.14. The molecule has 4 fully saturated rings. The summed E-state index contributed by atoms with van der Waals surface area (Å²) in [6.07, 6.45) is 35.3. The van der Waals surface area contributed by atoms with E-state index in [2.05, 4.69) is 0 Å². The Balaban J connectivity index is 0.000000258. The van der Waals surface area contributed by atoms with Gasteiger partial charge in [0.25, 0.3) is 0 Å². The van der Waals surface area contributed by atoms with Crippen LogP contribution in [0.3, 0.4) is 0 Å². The van der Waals surface area contributed by atoms with E-state index in [1.807, 2.05) is 0 Å². The van der Waals surface area contributed by atoms with Crippen LogP contribution < -0.4 is 0 Å². The summed E-state index contributed by atoms with van der Waals surface area (Å²) in [5.41, 5.74) is 0. The number of rotatable bonds is 4. The number of nitrogens with one attached hydrogen (secondary N) is 2. The molecule has 4 nitrogen and oxygen atoms in total. The molecule has 0 heterocycles. The fourth-order valence-corrected chi connectivity index (χ4v) is 6.63. The third-order valence-electron chi connectivity index (χ3n) is 8.23. The summed E-state index contributed by atoms with van der Waals surface area (Å²) in [5.74, 6) is 4.49. The first-order valence-electron chi connectivity index (χ1n) is 13.8. The van der Waals surface area contributed by atoms with Crippen LogP contribution in [0.2, 0.25) is 0 Å². The van der Waals surface area contributed by atoms with Crippen molar-refractivity contribution in [2.24, 2.45) is 23.7 Å². The molecule has 0 aromatic heterocycles. The molecule has 184 valence electrons. The molecule has 32 heavy (non-hydrogen) atoms. The Bertz CT molecular complexity index is 408. The van der Waals surface area contributed by atoms with Crippen LogP contribution in [0.1, 0.15) is 141 Å². The van der Waals surface area contributed by atoms with E-state index in [9.17, 15) is 0 Å². The van der Waals surface area contributed by atoms with Crippen LogP contribution in [-0.4, -0.2) is 12.2 Å². The molecule has 0 unspecified atom stereocenters. The van der Waals surface area contributed by atoms with Gasteiger partial charge in [-0.2, -0.15) is 0 Å². The smallest absolute Gasteiger partial charge is 0.222 e. The van der Waals surface area contributed by atoms with E-state index in [0.717, 1.165) is 35.8 Å². The van der Waals surface area contributed by atoms with Crippen molar-refractivity contribution in [3.05, 3.63) is 0 Å². The minimum Gasteiger partial charge on any atom is -0.222 e. The molecule has 0 aliphatic heterocycles. The molecule has 0 saturated heterocycles. The second kappa shape index (κ2) is 20.4. The second-order valence-electron chi connectivity index (χ2n) is 10.7. The molecule has 4 heteroatoms. The monoisotopic (exact) mass is 446 g/mol. The van der Waals surface area contributed by atoms with Gasteiger partial charge in [0, 0.05) is 0 Å². The summed E-state index contributed by atoms with van der Waals surface area (Å²) < 4.78 is 0. The molecule has 0 spiro atoms. The third kappa shape index (κ3) is 14.8. The highest BCUT2D eigenvalue weighted by atomic mass is 16.1. The maximum Gasteiger partial charge on any atom is 0.231 e. The highest BCUT2D eigenvalue weighted by molar-refractivity contribution is 5.26. The van der Waals surface area contributed by atoms with Gasteiger partial charge in [-0.05, 0) is 36.5 Å². The van der Waals surface area contributed by atoms with E-state index in [0.29, 0.717) is 0 Å². The predicted octanol–water partition coefficient (Wildman–Crippen LogP) is 8.88. The van der Waals surface area contributed by atoms with Gasteiger partial charge in [0.1, 0.15) is 0 Å². The number of carbonyl (C=O) groups excluding carboxylic acids is 2. The predicted molar refractivity (Wildman–Crippen MR) is 132 cm³/mol. The number of isocyanates is 2. The standard InChI is InChI=1S/2C13H24.2CHNO/c2*1-3-7-12(8-4-1)11-13-9-5-2-6-10-13;2*2-1-3/h2*12-13H,1-11H2;2*2H. The summed E-state index contributed by atoms with van der Waals surface area (Å²) in [6.45, 7) is 0. The third-order valence-corrected chi connectivity index (χ3v) is 8.23. The van der Waals surface area contributed by atoms with Gasteiger partial charge in [0.2, 0.25) is 12.2 Å². The molecule has 0 aromatic carbocycles. The first-order chi connectivity index (χ1) is 15.7. The Morgan fingerprint density at radius 2 is 0.562 bits per heavy atom. The number of hydrogen-bond donors (Lipinski definition) is 2. The Kier molecular flexibility index (Phi) is 18.3. The molecule has 2 N–H and O–H groups in total. The van der Waals surface area contributed by atoms with Crippen molar-refractivity contribution in [1.82, 2.24) is 0 Å². The fraction of sp³-hybridized carbons (Fsp3) is 0.929. The maximum atomic E-state index is 8.35. The molecule has 4 rings (SSSR count). The molecule has 0 bridgehead atoms. The van der Waals surface area contributed by atoms with Gasteiger partial charge in [0.05, 0.1) is 0 Å². The van der Waals surface area contributed by atoms with E-state index in [4.69, 9.17) is 20.4 Å². The summed E-state index contributed by atoms with van der Waals surface area (Å²) in [6, 6.07) is 0. The Morgan fingerprint density at radius 3 is 0.719 bits per heavy atom. The van der Waals surface area contributed by atoms with Crippen LogP contribution in [0.15, 0.2) is 0 Å². The molecule has 0 radical (unpaired) electrons. The summed E-state index contributed by atoms with van der Waals surface area (Å²) in [4.78, 5) is 16.7. The molecule has 0 aromatic rings. The topological polar surface area (TPSA) is 81.8 Å². The summed E-state index contributed by atoms with van der Waals surface area (Å²) >= 11 is 0. The Morgan fingerprint density at radius 1 is 0.406 bits per heavy atom. The van der Waals surface area contributed by atoms with E-state index >= 15 is 0 Å². The number of hydrogen-bond acceptors (Lipinski definition) is 4. The highest BCUT2D eigenvalue weighted by Crippen LogP contribution is 2.36. The van der Waals surface area contributed by atoms with Crippen LogP contribution in [0.4, 0.5) is 0 Å². The lowest BCUT2D eigenvalue weighted by molar-refractivity contribution is 0.244. The van der Waals surface area contributed by atoms with Crippen LogP contribution in [0.5, 0.6) is 0 Å². The van der Waals surface area contributed by atoms with Crippen molar-refractivity contribution in [3.63, 3.8) is 0 Å². The van der Waals surface area contributed by atoms with Crippen LogP contribution in [0, 0.1) is 34.5 Å². The first kappa shape index (κ1) is 28.8. The quantitative estimate of drug-likeness (QED) is 0.334. The van der Waals surface area contributed by atoms with Gasteiger partial charge in [0.15, 0.2) is 0 Å². The maximum absolute atomic E-state index is 8.35. The minimum atomic E-state index is 0.750. The van der Waals surface area contributed by atoms with Crippen molar-refractivity contribution in [1.29, 1.82) is 10.8 Å². The van der Waals surface area contributed by atoms with Gasteiger partial charge in [-0.1, -0.05) is 128 Å². The SMILES string of the molecule is C1CCC(CC2CCCCC2)CC1.C1CCC(CC2CCCCC2)CC1.N=C=O.N=C=O. The van der Waals surface area contributed by atoms with Crippen molar-refractivity contribution in [2.75, 3.05) is 0 Å². The van der Waals surface area contributed by atoms with Crippen molar-refractivity contribution in [2.45, 2.75) is 141 Å². The van der Waals surface area contributed by atoms with Gasteiger partial charge < -0.3 is 0 Å². The fourth-order valence-electron chi connectivity index (χ4n) is 6.63. The van der Waals surface area contributed by atoms with Crippen molar-refractivity contribution in [3.8, 4) is 0 Å².